The Bertz CT molecular complexity index is 154. The summed E-state index contributed by atoms with van der Waals surface area (Å²) in [6, 6.07) is 0. The van der Waals surface area contributed by atoms with Gasteiger partial charge in [-0.25, -0.2) is 0 Å². The van der Waals surface area contributed by atoms with Gasteiger partial charge in [-0.2, -0.15) is 0 Å². The average molecular weight is 186 g/mol. The summed E-state index contributed by atoms with van der Waals surface area (Å²) in [6.07, 6.45) is 3.58. The fourth-order valence-corrected chi connectivity index (χ4v) is 2.35. The van der Waals surface area contributed by atoms with Crippen molar-refractivity contribution in [2.75, 3.05) is 13.2 Å². The Balaban J connectivity index is 2.57. The van der Waals surface area contributed by atoms with E-state index in [0.29, 0.717) is 12.0 Å². The van der Waals surface area contributed by atoms with Gasteiger partial charge in [-0.15, -0.1) is 0 Å². The number of aliphatic hydroxyl groups excluding tert-OH is 1. The zero-order valence-corrected chi connectivity index (χ0v) is 9.05. The normalized spacial score (nSPS) is 29.5. The quantitative estimate of drug-likeness (QED) is 0.729. The highest BCUT2D eigenvalue weighted by Gasteiger charge is 2.38. The second-order valence-corrected chi connectivity index (χ2v) is 4.71. The zero-order chi connectivity index (χ0) is 9.90. The SMILES string of the molecule is CCC1CCOC1C(C)(C)CCO. The van der Waals surface area contributed by atoms with E-state index in [9.17, 15) is 0 Å². The lowest BCUT2D eigenvalue weighted by Crippen LogP contribution is -2.34. The maximum Gasteiger partial charge on any atom is 0.0655 e. The summed E-state index contributed by atoms with van der Waals surface area (Å²) < 4.78 is 5.76. The highest BCUT2D eigenvalue weighted by Crippen LogP contribution is 2.38. The molecule has 2 heteroatoms. The van der Waals surface area contributed by atoms with Crippen LogP contribution in [0.4, 0.5) is 0 Å². The molecular formula is C11H22O2. The minimum atomic E-state index is 0.131. The van der Waals surface area contributed by atoms with E-state index >= 15 is 0 Å². The van der Waals surface area contributed by atoms with Crippen molar-refractivity contribution in [2.24, 2.45) is 11.3 Å². The first-order valence-corrected chi connectivity index (χ1v) is 5.34. The van der Waals surface area contributed by atoms with Gasteiger partial charge in [0.15, 0.2) is 0 Å². The van der Waals surface area contributed by atoms with E-state index in [1.54, 1.807) is 0 Å². The molecule has 2 nitrogen and oxygen atoms in total. The molecule has 0 radical (unpaired) electrons. The number of aliphatic hydroxyl groups is 1. The lowest BCUT2D eigenvalue weighted by Gasteiger charge is -2.34. The third-order valence-electron chi connectivity index (χ3n) is 3.26. The smallest absolute Gasteiger partial charge is 0.0655 e. The van der Waals surface area contributed by atoms with Crippen molar-refractivity contribution >= 4 is 0 Å². The molecule has 0 amide bonds. The van der Waals surface area contributed by atoms with Crippen molar-refractivity contribution in [1.82, 2.24) is 0 Å². The van der Waals surface area contributed by atoms with Crippen LogP contribution in [0, 0.1) is 11.3 Å². The van der Waals surface area contributed by atoms with Crippen molar-refractivity contribution in [2.45, 2.75) is 46.1 Å². The molecule has 2 unspecified atom stereocenters. The predicted octanol–water partition coefficient (Wildman–Crippen LogP) is 2.21. The molecule has 0 aromatic heterocycles. The van der Waals surface area contributed by atoms with Gasteiger partial charge in [0.25, 0.3) is 0 Å². The molecule has 78 valence electrons. The summed E-state index contributed by atoms with van der Waals surface area (Å²) in [7, 11) is 0. The molecule has 0 aromatic carbocycles. The van der Waals surface area contributed by atoms with Crippen LogP contribution in [0.5, 0.6) is 0 Å². The molecule has 13 heavy (non-hydrogen) atoms. The van der Waals surface area contributed by atoms with E-state index in [4.69, 9.17) is 9.84 Å². The van der Waals surface area contributed by atoms with Crippen molar-refractivity contribution < 1.29 is 9.84 Å². The summed E-state index contributed by atoms with van der Waals surface area (Å²) >= 11 is 0. The first-order valence-electron chi connectivity index (χ1n) is 5.34. The molecule has 1 N–H and O–H groups in total. The third kappa shape index (κ3) is 2.44. The van der Waals surface area contributed by atoms with E-state index in [-0.39, 0.29) is 12.0 Å². The van der Waals surface area contributed by atoms with Crippen LogP contribution in [0.25, 0.3) is 0 Å². The summed E-state index contributed by atoms with van der Waals surface area (Å²) in [5.74, 6) is 0.696. The molecule has 2 atom stereocenters. The fourth-order valence-electron chi connectivity index (χ4n) is 2.35. The van der Waals surface area contributed by atoms with Crippen molar-refractivity contribution in [3.05, 3.63) is 0 Å². The van der Waals surface area contributed by atoms with Crippen LogP contribution in [0.2, 0.25) is 0 Å². The van der Waals surface area contributed by atoms with Crippen LogP contribution < -0.4 is 0 Å². The topological polar surface area (TPSA) is 29.5 Å². The van der Waals surface area contributed by atoms with Crippen LogP contribution in [-0.2, 0) is 4.74 Å². The minimum absolute atomic E-state index is 0.131. The van der Waals surface area contributed by atoms with Gasteiger partial charge >= 0.3 is 0 Å². The Kier molecular flexibility index (Phi) is 3.74. The highest BCUT2D eigenvalue weighted by atomic mass is 16.5. The molecule has 0 saturated carbocycles. The Hall–Kier alpha value is -0.0800. The van der Waals surface area contributed by atoms with Crippen LogP contribution in [0.15, 0.2) is 0 Å². The standard InChI is InChI=1S/C11H22O2/c1-4-9-5-8-13-10(9)11(2,3)6-7-12/h9-10,12H,4-8H2,1-3H3. The maximum atomic E-state index is 8.97. The molecule has 1 fully saturated rings. The van der Waals surface area contributed by atoms with Crippen LogP contribution >= 0.6 is 0 Å². The van der Waals surface area contributed by atoms with E-state index in [2.05, 4.69) is 20.8 Å². The average Bonchev–Trinajstić information content (AvgIpc) is 2.51. The van der Waals surface area contributed by atoms with Crippen LogP contribution in [0.3, 0.4) is 0 Å². The van der Waals surface area contributed by atoms with E-state index in [1.807, 2.05) is 0 Å². The van der Waals surface area contributed by atoms with Gasteiger partial charge < -0.3 is 9.84 Å². The maximum absolute atomic E-state index is 8.97. The van der Waals surface area contributed by atoms with Crippen molar-refractivity contribution in [3.63, 3.8) is 0 Å². The highest BCUT2D eigenvalue weighted by molar-refractivity contribution is 4.87. The number of ether oxygens (including phenoxy) is 1. The van der Waals surface area contributed by atoms with Gasteiger partial charge in [-0.05, 0) is 24.2 Å². The largest absolute Gasteiger partial charge is 0.396 e. The second kappa shape index (κ2) is 4.43. The molecule has 1 saturated heterocycles. The second-order valence-electron chi connectivity index (χ2n) is 4.71. The number of hydrogen-bond donors (Lipinski definition) is 1. The van der Waals surface area contributed by atoms with Crippen molar-refractivity contribution in [1.29, 1.82) is 0 Å². The lowest BCUT2D eigenvalue weighted by atomic mass is 9.76. The molecule has 1 aliphatic heterocycles. The summed E-state index contributed by atoms with van der Waals surface area (Å²) in [6.45, 7) is 7.78. The molecule has 0 spiro atoms. The zero-order valence-electron chi connectivity index (χ0n) is 9.05. The van der Waals surface area contributed by atoms with Gasteiger partial charge in [-0.3, -0.25) is 0 Å². The molecule has 0 aromatic rings. The van der Waals surface area contributed by atoms with Gasteiger partial charge in [0.1, 0.15) is 0 Å². The van der Waals surface area contributed by atoms with E-state index in [1.165, 1.54) is 12.8 Å². The van der Waals surface area contributed by atoms with Gasteiger partial charge in [-0.1, -0.05) is 27.2 Å². The Labute approximate surface area is 81.3 Å². The Morgan fingerprint density at radius 1 is 1.46 bits per heavy atom. The molecule has 1 aliphatic rings. The van der Waals surface area contributed by atoms with Crippen molar-refractivity contribution in [3.8, 4) is 0 Å². The number of hydrogen-bond acceptors (Lipinski definition) is 2. The Morgan fingerprint density at radius 3 is 2.69 bits per heavy atom. The fraction of sp³-hybridized carbons (Fsp3) is 1.00. The van der Waals surface area contributed by atoms with Gasteiger partial charge in [0.2, 0.25) is 0 Å². The Morgan fingerprint density at radius 2 is 2.15 bits per heavy atom. The molecule has 1 rings (SSSR count). The number of rotatable bonds is 4. The van der Waals surface area contributed by atoms with Gasteiger partial charge in [0.05, 0.1) is 6.10 Å². The molecular weight excluding hydrogens is 164 g/mol. The van der Waals surface area contributed by atoms with Gasteiger partial charge in [0, 0.05) is 13.2 Å². The first kappa shape index (κ1) is 11.0. The lowest BCUT2D eigenvalue weighted by molar-refractivity contribution is -0.0149. The van der Waals surface area contributed by atoms with Crippen LogP contribution in [-0.4, -0.2) is 24.4 Å². The molecule has 0 aliphatic carbocycles. The minimum Gasteiger partial charge on any atom is -0.396 e. The third-order valence-corrected chi connectivity index (χ3v) is 3.26. The predicted molar refractivity (Wildman–Crippen MR) is 53.6 cm³/mol. The van der Waals surface area contributed by atoms with E-state index in [0.717, 1.165) is 13.0 Å². The summed E-state index contributed by atoms with van der Waals surface area (Å²) in [5, 5.41) is 8.97. The molecule has 0 bridgehead atoms. The van der Waals surface area contributed by atoms with Crippen LogP contribution in [0.1, 0.15) is 40.0 Å². The molecule has 1 heterocycles. The van der Waals surface area contributed by atoms with E-state index < -0.39 is 0 Å². The first-order chi connectivity index (χ1) is 6.11. The summed E-state index contributed by atoms with van der Waals surface area (Å²) in [4.78, 5) is 0. The monoisotopic (exact) mass is 186 g/mol. The summed E-state index contributed by atoms with van der Waals surface area (Å²) in [5.41, 5.74) is 0.131.